The fourth-order valence-electron chi connectivity index (χ4n) is 9.66. The molecule has 5 nitrogen and oxygen atoms in total. The normalized spacial score (nSPS) is 11.9. The van der Waals surface area contributed by atoms with E-state index in [9.17, 15) is 0 Å². The van der Waals surface area contributed by atoms with E-state index >= 15 is 0 Å². The average molecular weight is 790 g/mol. The summed E-state index contributed by atoms with van der Waals surface area (Å²) in [6, 6.07) is 75.4. The van der Waals surface area contributed by atoms with Crippen LogP contribution in [-0.2, 0) is 0 Å². The molecule has 0 aliphatic heterocycles. The first kappa shape index (κ1) is 34.5. The summed E-state index contributed by atoms with van der Waals surface area (Å²) >= 11 is 0. The standard InChI is InChI=1S/C57H35N5/c1-4-17-36(18-5-1)52-34-39-23-10-11-26-43(39)56-53(54(60-62(52)56)37-19-6-2-7-20-37)41-25-16-24-40(31-41)48-35-49(59-57(58-48)38-21-8-3-9-22-38)42-32-46-44-27-12-14-29-50(44)61-51-30-15-13-28-45(51)47(33-42)55(46)61/h1-35H. The fraction of sp³-hybridized carbons (Fsp3) is 0. The Balaban J connectivity index is 1.06. The Bertz CT molecular complexity index is 3760. The van der Waals surface area contributed by atoms with Gasteiger partial charge in [-0.1, -0.05) is 170 Å². The lowest BCUT2D eigenvalue weighted by Gasteiger charge is -2.12. The highest BCUT2D eigenvalue weighted by Crippen LogP contribution is 2.44. The van der Waals surface area contributed by atoms with Crippen LogP contribution in [-0.4, -0.2) is 24.0 Å². The van der Waals surface area contributed by atoms with Crippen LogP contribution >= 0.6 is 0 Å². The molecule has 13 aromatic rings. The lowest BCUT2D eigenvalue weighted by molar-refractivity contribution is 0.979. The number of aromatic nitrogens is 5. The van der Waals surface area contributed by atoms with Gasteiger partial charge in [0.15, 0.2) is 5.82 Å². The van der Waals surface area contributed by atoms with Gasteiger partial charge >= 0.3 is 0 Å². The molecule has 0 aliphatic carbocycles. The minimum absolute atomic E-state index is 0.683. The number of benzene rings is 8. The second-order valence-corrected chi connectivity index (χ2v) is 16.0. The van der Waals surface area contributed by atoms with Crippen molar-refractivity contribution in [2.75, 3.05) is 0 Å². The molecule has 0 unspecified atom stereocenters. The summed E-state index contributed by atoms with van der Waals surface area (Å²) in [4.78, 5) is 10.7. The van der Waals surface area contributed by atoms with Gasteiger partial charge in [0.1, 0.15) is 5.69 Å². The lowest BCUT2D eigenvalue weighted by atomic mass is 9.95. The van der Waals surface area contributed by atoms with Crippen molar-refractivity contribution < 1.29 is 0 Å². The van der Waals surface area contributed by atoms with Crippen LogP contribution in [0.25, 0.3) is 122 Å². The van der Waals surface area contributed by atoms with E-state index in [1.165, 1.54) is 38.1 Å². The van der Waals surface area contributed by atoms with Gasteiger partial charge in [-0.25, -0.2) is 14.5 Å². The van der Waals surface area contributed by atoms with Gasteiger partial charge < -0.3 is 4.40 Å². The van der Waals surface area contributed by atoms with Crippen molar-refractivity contribution in [3.63, 3.8) is 0 Å². The quantitative estimate of drug-likeness (QED) is 0.169. The van der Waals surface area contributed by atoms with Crippen LogP contribution in [0.1, 0.15) is 0 Å². The lowest BCUT2D eigenvalue weighted by Crippen LogP contribution is -1.96. The van der Waals surface area contributed by atoms with Crippen LogP contribution in [0.4, 0.5) is 0 Å². The first-order chi connectivity index (χ1) is 30.7. The number of para-hydroxylation sites is 2. The Morgan fingerprint density at radius 1 is 0.339 bits per heavy atom. The molecule has 0 saturated heterocycles. The summed E-state index contributed by atoms with van der Waals surface area (Å²) in [6.07, 6.45) is 0. The number of hydrogen-bond acceptors (Lipinski definition) is 3. The molecule has 0 aliphatic rings. The Morgan fingerprint density at radius 2 is 0.871 bits per heavy atom. The van der Waals surface area contributed by atoms with E-state index in [-0.39, 0.29) is 0 Å². The van der Waals surface area contributed by atoms with E-state index in [2.05, 4.69) is 215 Å². The summed E-state index contributed by atoms with van der Waals surface area (Å²) in [5.41, 5.74) is 15.7. The van der Waals surface area contributed by atoms with Gasteiger partial charge in [-0.05, 0) is 53.4 Å². The summed E-state index contributed by atoms with van der Waals surface area (Å²) in [7, 11) is 0. The number of nitrogens with zero attached hydrogens (tertiary/aromatic N) is 5. The monoisotopic (exact) mass is 789 g/mol. The highest BCUT2D eigenvalue weighted by atomic mass is 15.2. The maximum absolute atomic E-state index is 5.46. The summed E-state index contributed by atoms with van der Waals surface area (Å²) in [6.45, 7) is 0. The van der Waals surface area contributed by atoms with Gasteiger partial charge in [-0.2, -0.15) is 5.10 Å². The molecule has 0 spiro atoms. The minimum atomic E-state index is 0.683. The van der Waals surface area contributed by atoms with Crippen molar-refractivity contribution in [2.45, 2.75) is 0 Å². The molecule has 0 atom stereocenters. The maximum atomic E-state index is 5.46. The second-order valence-electron chi connectivity index (χ2n) is 16.0. The Hall–Kier alpha value is -8.41. The van der Waals surface area contributed by atoms with Crippen molar-refractivity contribution in [1.29, 1.82) is 0 Å². The Labute approximate surface area is 356 Å². The highest BCUT2D eigenvalue weighted by Gasteiger charge is 2.23. The van der Waals surface area contributed by atoms with E-state index in [1.54, 1.807) is 0 Å². The topological polar surface area (TPSA) is 47.5 Å². The number of fused-ring (bicyclic) bond motifs is 9. The zero-order valence-corrected chi connectivity index (χ0v) is 33.4. The molecular formula is C57H35N5. The first-order valence-corrected chi connectivity index (χ1v) is 21.0. The fourth-order valence-corrected chi connectivity index (χ4v) is 9.66. The van der Waals surface area contributed by atoms with Gasteiger partial charge in [0, 0.05) is 60.3 Å². The van der Waals surface area contributed by atoms with Gasteiger partial charge in [-0.3, -0.25) is 0 Å². The molecule has 288 valence electrons. The van der Waals surface area contributed by atoms with Crippen molar-refractivity contribution >= 4 is 54.4 Å². The first-order valence-electron chi connectivity index (χ1n) is 21.0. The van der Waals surface area contributed by atoms with Crippen molar-refractivity contribution in [1.82, 2.24) is 24.0 Å². The summed E-state index contributed by atoms with van der Waals surface area (Å²) < 4.78 is 4.56. The molecule has 8 aromatic carbocycles. The zero-order valence-electron chi connectivity index (χ0n) is 33.4. The summed E-state index contributed by atoms with van der Waals surface area (Å²) in [5, 5.41) is 12.7. The predicted octanol–water partition coefficient (Wildman–Crippen LogP) is 14.4. The SMILES string of the molecule is c1ccc(-c2nc(-c3cccc(-c4c(-c5ccccc5)nn5c(-c6ccccc6)cc6ccccc6c45)c3)cc(-c3cc4c5ccccc5n5c6ccccc6c(c3)c45)n2)cc1. The maximum Gasteiger partial charge on any atom is 0.160 e. The molecule has 0 fully saturated rings. The number of rotatable bonds is 6. The van der Waals surface area contributed by atoms with Gasteiger partial charge in [0.25, 0.3) is 0 Å². The molecule has 0 amide bonds. The molecule has 62 heavy (non-hydrogen) atoms. The third kappa shape index (κ3) is 5.25. The van der Waals surface area contributed by atoms with Crippen LogP contribution < -0.4 is 0 Å². The third-order valence-electron chi connectivity index (χ3n) is 12.4. The van der Waals surface area contributed by atoms with Crippen LogP contribution in [0.3, 0.4) is 0 Å². The number of pyridine rings is 1. The van der Waals surface area contributed by atoms with Crippen LogP contribution in [0, 0.1) is 0 Å². The third-order valence-corrected chi connectivity index (χ3v) is 12.4. The van der Waals surface area contributed by atoms with Gasteiger partial charge in [0.05, 0.1) is 39.1 Å². The van der Waals surface area contributed by atoms with Crippen molar-refractivity contribution in [3.8, 4) is 67.5 Å². The predicted molar refractivity (Wildman–Crippen MR) is 256 cm³/mol. The average Bonchev–Trinajstić information content (AvgIpc) is 4.03. The van der Waals surface area contributed by atoms with Crippen LogP contribution in [0.2, 0.25) is 0 Å². The summed E-state index contributed by atoms with van der Waals surface area (Å²) in [5.74, 6) is 0.683. The largest absolute Gasteiger partial charge is 0.308 e. The molecule has 5 aromatic heterocycles. The van der Waals surface area contributed by atoms with Crippen molar-refractivity contribution in [2.24, 2.45) is 0 Å². The van der Waals surface area contributed by atoms with Crippen LogP contribution in [0.15, 0.2) is 212 Å². The van der Waals surface area contributed by atoms with Gasteiger partial charge in [0.2, 0.25) is 0 Å². The molecule has 5 heterocycles. The van der Waals surface area contributed by atoms with E-state index in [0.29, 0.717) is 5.82 Å². The number of hydrogen-bond donors (Lipinski definition) is 0. The van der Waals surface area contributed by atoms with Crippen LogP contribution in [0.5, 0.6) is 0 Å². The minimum Gasteiger partial charge on any atom is -0.308 e. The second kappa shape index (κ2) is 13.6. The van der Waals surface area contributed by atoms with E-state index in [1.807, 2.05) is 6.07 Å². The molecule has 5 heteroatoms. The molecular weight excluding hydrogens is 755 g/mol. The van der Waals surface area contributed by atoms with E-state index < -0.39 is 0 Å². The smallest absolute Gasteiger partial charge is 0.160 e. The van der Waals surface area contributed by atoms with E-state index in [0.717, 1.165) is 78.0 Å². The van der Waals surface area contributed by atoms with Gasteiger partial charge in [-0.15, -0.1) is 0 Å². The zero-order chi connectivity index (χ0) is 40.7. The molecule has 13 rings (SSSR count). The highest BCUT2D eigenvalue weighted by molar-refractivity contribution is 6.24. The Morgan fingerprint density at radius 3 is 1.55 bits per heavy atom. The van der Waals surface area contributed by atoms with E-state index in [4.69, 9.17) is 15.1 Å². The molecule has 0 N–H and O–H groups in total. The molecule has 0 saturated carbocycles. The molecule has 0 bridgehead atoms. The molecule has 0 radical (unpaired) electrons. The van der Waals surface area contributed by atoms with Crippen molar-refractivity contribution in [3.05, 3.63) is 212 Å². The Kier molecular flexibility index (Phi) is 7.54.